The standard InChI is InChI=1S/C19H19N3O3/c1-25-15-6-4-5-13(9-15)17-10-14(23)11-22(17)19(24)16-12-21-8-3-2-7-18(21)20-16/h2-9,12,14,17,23H,10-11H2,1H3/t14-,17+/m0/s1. The molecule has 3 heterocycles. The van der Waals surface area contributed by atoms with Gasteiger partial charge in [0, 0.05) is 18.9 Å². The normalized spacial score (nSPS) is 20.2. The summed E-state index contributed by atoms with van der Waals surface area (Å²) in [7, 11) is 1.61. The van der Waals surface area contributed by atoms with Crippen LogP contribution < -0.4 is 4.74 Å². The Morgan fingerprint density at radius 1 is 1.28 bits per heavy atom. The first kappa shape index (κ1) is 15.7. The number of likely N-dealkylation sites (tertiary alicyclic amines) is 1. The molecule has 0 spiro atoms. The maximum atomic E-state index is 13.0. The molecule has 1 aromatic carbocycles. The van der Waals surface area contributed by atoms with Crippen molar-refractivity contribution in [1.29, 1.82) is 0 Å². The summed E-state index contributed by atoms with van der Waals surface area (Å²) in [6.07, 6.45) is 3.55. The number of carbonyl (C=O) groups is 1. The third-order valence-corrected chi connectivity index (χ3v) is 4.60. The minimum Gasteiger partial charge on any atom is -0.497 e. The van der Waals surface area contributed by atoms with E-state index in [1.165, 1.54) is 0 Å². The number of carbonyl (C=O) groups excluding carboxylic acids is 1. The first-order valence-electron chi connectivity index (χ1n) is 8.22. The fraction of sp³-hybridized carbons (Fsp3) is 0.263. The molecule has 0 bridgehead atoms. The molecule has 3 aromatic rings. The van der Waals surface area contributed by atoms with Gasteiger partial charge in [-0.2, -0.15) is 0 Å². The van der Waals surface area contributed by atoms with Crippen molar-refractivity contribution >= 4 is 11.6 Å². The molecule has 6 nitrogen and oxygen atoms in total. The van der Waals surface area contributed by atoms with Gasteiger partial charge in [-0.15, -0.1) is 0 Å². The summed E-state index contributed by atoms with van der Waals surface area (Å²) in [6.45, 7) is 0.300. The van der Waals surface area contributed by atoms with E-state index in [0.29, 0.717) is 18.7 Å². The second-order valence-electron chi connectivity index (χ2n) is 6.23. The Kier molecular flexibility index (Phi) is 3.89. The third kappa shape index (κ3) is 2.85. The highest BCUT2D eigenvalue weighted by atomic mass is 16.5. The van der Waals surface area contributed by atoms with E-state index in [1.54, 1.807) is 18.2 Å². The summed E-state index contributed by atoms with van der Waals surface area (Å²) in [5, 5.41) is 10.1. The highest BCUT2D eigenvalue weighted by molar-refractivity contribution is 5.93. The number of aliphatic hydroxyl groups excluding tert-OH is 1. The van der Waals surface area contributed by atoms with Crippen LogP contribution in [0.25, 0.3) is 5.65 Å². The molecule has 1 aliphatic heterocycles. The van der Waals surface area contributed by atoms with E-state index in [-0.39, 0.29) is 11.9 Å². The first-order chi connectivity index (χ1) is 12.2. The van der Waals surface area contributed by atoms with Gasteiger partial charge in [0.05, 0.1) is 19.3 Å². The van der Waals surface area contributed by atoms with Crippen LogP contribution in [0.3, 0.4) is 0 Å². The van der Waals surface area contributed by atoms with Crippen molar-refractivity contribution < 1.29 is 14.6 Å². The molecule has 0 unspecified atom stereocenters. The maximum absolute atomic E-state index is 13.0. The lowest BCUT2D eigenvalue weighted by atomic mass is 10.0. The zero-order valence-electron chi connectivity index (χ0n) is 13.9. The van der Waals surface area contributed by atoms with Crippen LogP contribution in [-0.2, 0) is 0 Å². The van der Waals surface area contributed by atoms with Crippen molar-refractivity contribution in [3.63, 3.8) is 0 Å². The lowest BCUT2D eigenvalue weighted by Gasteiger charge is -2.24. The van der Waals surface area contributed by atoms with E-state index in [1.807, 2.05) is 53.1 Å². The third-order valence-electron chi connectivity index (χ3n) is 4.60. The minimum absolute atomic E-state index is 0.173. The minimum atomic E-state index is -0.544. The van der Waals surface area contributed by atoms with E-state index in [9.17, 15) is 9.90 Å². The van der Waals surface area contributed by atoms with Gasteiger partial charge in [0.2, 0.25) is 0 Å². The van der Waals surface area contributed by atoms with Gasteiger partial charge in [-0.3, -0.25) is 4.79 Å². The van der Waals surface area contributed by atoms with E-state index in [2.05, 4.69) is 4.98 Å². The van der Waals surface area contributed by atoms with E-state index >= 15 is 0 Å². The predicted octanol–water partition coefficient (Wildman–Crippen LogP) is 2.29. The summed E-state index contributed by atoms with van der Waals surface area (Å²) in [5.41, 5.74) is 2.06. The molecule has 6 heteroatoms. The smallest absolute Gasteiger partial charge is 0.274 e. The van der Waals surface area contributed by atoms with Crippen molar-refractivity contribution in [3.8, 4) is 5.75 Å². The number of hydrogen-bond acceptors (Lipinski definition) is 4. The van der Waals surface area contributed by atoms with Crippen molar-refractivity contribution in [2.24, 2.45) is 0 Å². The van der Waals surface area contributed by atoms with Gasteiger partial charge in [0.1, 0.15) is 17.1 Å². The number of hydrogen-bond donors (Lipinski definition) is 1. The number of imidazole rings is 1. The molecule has 0 aliphatic carbocycles. The monoisotopic (exact) mass is 337 g/mol. The van der Waals surface area contributed by atoms with E-state index in [0.717, 1.165) is 17.0 Å². The summed E-state index contributed by atoms with van der Waals surface area (Å²) < 4.78 is 7.10. The van der Waals surface area contributed by atoms with Gasteiger partial charge in [0.15, 0.2) is 0 Å². The predicted molar refractivity (Wildman–Crippen MR) is 92.6 cm³/mol. The van der Waals surface area contributed by atoms with E-state index < -0.39 is 6.10 Å². The second kappa shape index (κ2) is 6.22. The Morgan fingerprint density at radius 3 is 2.96 bits per heavy atom. The van der Waals surface area contributed by atoms with Crippen molar-refractivity contribution in [2.75, 3.05) is 13.7 Å². The molecule has 1 aliphatic rings. The summed E-state index contributed by atoms with van der Waals surface area (Å²) in [5.74, 6) is 0.562. The van der Waals surface area contributed by atoms with Gasteiger partial charge in [-0.1, -0.05) is 18.2 Å². The number of amides is 1. The van der Waals surface area contributed by atoms with Crippen LogP contribution in [0.2, 0.25) is 0 Å². The Labute approximate surface area is 145 Å². The lowest BCUT2D eigenvalue weighted by Crippen LogP contribution is -2.32. The molecule has 0 radical (unpaired) electrons. The Balaban J connectivity index is 1.67. The largest absolute Gasteiger partial charge is 0.497 e. The van der Waals surface area contributed by atoms with Crippen molar-refractivity contribution in [2.45, 2.75) is 18.6 Å². The van der Waals surface area contributed by atoms with Crippen LogP contribution >= 0.6 is 0 Å². The average molecular weight is 337 g/mol. The Bertz CT molecular complexity index is 888. The van der Waals surface area contributed by atoms with Crippen LogP contribution in [-0.4, -0.2) is 45.1 Å². The zero-order chi connectivity index (χ0) is 17.4. The van der Waals surface area contributed by atoms with Gasteiger partial charge < -0.3 is 19.1 Å². The van der Waals surface area contributed by atoms with E-state index in [4.69, 9.17) is 4.74 Å². The number of fused-ring (bicyclic) bond motifs is 1. The number of aromatic nitrogens is 2. The van der Waals surface area contributed by atoms with Crippen molar-refractivity contribution in [3.05, 3.63) is 66.1 Å². The number of benzene rings is 1. The van der Waals surface area contributed by atoms with Crippen LogP contribution in [0.1, 0.15) is 28.5 Å². The molecule has 1 fully saturated rings. The number of nitrogens with zero attached hydrogens (tertiary/aromatic N) is 3. The summed E-state index contributed by atoms with van der Waals surface area (Å²) in [6, 6.07) is 13.1. The van der Waals surface area contributed by atoms with Crippen LogP contribution in [0.4, 0.5) is 0 Å². The number of pyridine rings is 1. The number of rotatable bonds is 3. The van der Waals surface area contributed by atoms with Crippen molar-refractivity contribution in [1.82, 2.24) is 14.3 Å². The molecule has 1 amide bonds. The number of aliphatic hydroxyl groups is 1. The summed E-state index contributed by atoms with van der Waals surface area (Å²) >= 11 is 0. The van der Waals surface area contributed by atoms with Crippen LogP contribution in [0.15, 0.2) is 54.9 Å². The Hall–Kier alpha value is -2.86. The fourth-order valence-electron chi connectivity index (χ4n) is 3.39. The highest BCUT2D eigenvalue weighted by Crippen LogP contribution is 2.34. The van der Waals surface area contributed by atoms with Gasteiger partial charge >= 0.3 is 0 Å². The van der Waals surface area contributed by atoms with Gasteiger partial charge in [-0.05, 0) is 36.2 Å². The fourth-order valence-corrected chi connectivity index (χ4v) is 3.39. The molecule has 1 saturated heterocycles. The quantitative estimate of drug-likeness (QED) is 0.796. The molecule has 2 atom stereocenters. The number of β-amino-alcohol motifs (C(OH)–C–C–N with tert-alkyl or cyclic N) is 1. The number of methoxy groups -OCH3 is 1. The molecule has 0 saturated carbocycles. The first-order valence-corrected chi connectivity index (χ1v) is 8.22. The molecule has 1 N–H and O–H groups in total. The summed E-state index contributed by atoms with van der Waals surface area (Å²) in [4.78, 5) is 19.1. The van der Waals surface area contributed by atoms with Gasteiger partial charge in [0.25, 0.3) is 5.91 Å². The van der Waals surface area contributed by atoms with Gasteiger partial charge in [-0.25, -0.2) is 4.98 Å². The average Bonchev–Trinajstić information content (AvgIpc) is 3.24. The maximum Gasteiger partial charge on any atom is 0.274 e. The SMILES string of the molecule is COc1cccc([C@H]2C[C@H](O)CN2C(=O)c2cn3ccccc3n2)c1. The van der Waals surface area contributed by atoms with Crippen LogP contribution in [0, 0.1) is 0 Å². The molecular formula is C19H19N3O3. The Morgan fingerprint density at radius 2 is 2.16 bits per heavy atom. The molecule has 4 rings (SSSR count). The highest BCUT2D eigenvalue weighted by Gasteiger charge is 2.36. The zero-order valence-corrected chi connectivity index (χ0v) is 13.9. The van der Waals surface area contributed by atoms with Crippen LogP contribution in [0.5, 0.6) is 5.75 Å². The molecular weight excluding hydrogens is 318 g/mol. The second-order valence-corrected chi connectivity index (χ2v) is 6.23. The topological polar surface area (TPSA) is 67.1 Å². The lowest BCUT2D eigenvalue weighted by molar-refractivity contribution is 0.0710. The number of ether oxygens (including phenoxy) is 1. The molecule has 25 heavy (non-hydrogen) atoms. The molecule has 128 valence electrons. The molecule has 2 aromatic heterocycles.